The molecule has 4 nitrogen and oxygen atoms in total. The Kier molecular flexibility index (Phi) is 2.11. The first-order valence-electron chi connectivity index (χ1n) is 5.43. The van der Waals surface area contributed by atoms with E-state index < -0.39 is 6.09 Å². The third-order valence-electron chi connectivity index (χ3n) is 3.32. The molecule has 1 saturated heterocycles. The van der Waals surface area contributed by atoms with Gasteiger partial charge in [-0.05, 0) is 17.5 Å². The van der Waals surface area contributed by atoms with Gasteiger partial charge in [0.25, 0.3) is 0 Å². The molecule has 1 aromatic rings. The molecular weight excluding hydrogens is 206 g/mol. The van der Waals surface area contributed by atoms with Crippen LogP contribution in [-0.4, -0.2) is 34.9 Å². The van der Waals surface area contributed by atoms with Crippen LogP contribution in [0.5, 0.6) is 0 Å². The van der Waals surface area contributed by atoms with Gasteiger partial charge in [0.05, 0.1) is 12.6 Å². The van der Waals surface area contributed by atoms with Gasteiger partial charge in [0.2, 0.25) is 0 Å². The molecule has 1 amide bonds. The van der Waals surface area contributed by atoms with Crippen LogP contribution in [0.4, 0.5) is 4.79 Å². The van der Waals surface area contributed by atoms with Gasteiger partial charge in [0.1, 0.15) is 6.10 Å². The summed E-state index contributed by atoms with van der Waals surface area (Å²) < 4.78 is 5.24. The zero-order chi connectivity index (χ0) is 11.1. The number of carboxylic acid groups (broad SMARTS) is 1. The topological polar surface area (TPSA) is 53.1 Å². The number of fused-ring (bicyclic) bond motifs is 1. The number of hydrogen-bond donors (Lipinski definition) is 1. The molecular formula is C12H13NO3. The van der Waals surface area contributed by atoms with Crippen molar-refractivity contribution < 1.29 is 14.6 Å². The van der Waals surface area contributed by atoms with Crippen molar-refractivity contribution in [2.24, 2.45) is 0 Å². The zero-order valence-electron chi connectivity index (χ0n) is 8.80. The number of amides is 1. The minimum absolute atomic E-state index is 0.00704. The maximum atomic E-state index is 11.2. The van der Waals surface area contributed by atoms with Crippen molar-refractivity contribution in [3.05, 3.63) is 35.4 Å². The first-order valence-corrected chi connectivity index (χ1v) is 5.43. The molecule has 84 valence electrons. The van der Waals surface area contributed by atoms with Gasteiger partial charge in [-0.1, -0.05) is 24.3 Å². The zero-order valence-corrected chi connectivity index (χ0v) is 8.80. The summed E-state index contributed by atoms with van der Waals surface area (Å²) in [6.07, 6.45) is 0.0205. The number of hydrogen-bond acceptors (Lipinski definition) is 2. The molecule has 0 aromatic heterocycles. The molecule has 0 bridgehead atoms. The van der Waals surface area contributed by atoms with Crippen molar-refractivity contribution in [1.29, 1.82) is 0 Å². The maximum absolute atomic E-state index is 11.2. The average Bonchev–Trinajstić information content (AvgIpc) is 3.11. The van der Waals surface area contributed by atoms with E-state index >= 15 is 0 Å². The molecule has 16 heavy (non-hydrogen) atoms. The Morgan fingerprint density at radius 2 is 2.06 bits per heavy atom. The molecule has 0 aliphatic carbocycles. The van der Waals surface area contributed by atoms with Crippen molar-refractivity contribution >= 4 is 6.09 Å². The highest BCUT2D eigenvalue weighted by molar-refractivity contribution is 5.66. The molecule has 0 radical (unpaired) electrons. The molecule has 1 fully saturated rings. The number of nitrogens with zero attached hydrogens (tertiary/aromatic N) is 1. The highest BCUT2D eigenvalue weighted by Crippen LogP contribution is 2.30. The smallest absolute Gasteiger partial charge is 0.407 e. The predicted molar refractivity (Wildman–Crippen MR) is 57.2 cm³/mol. The van der Waals surface area contributed by atoms with Gasteiger partial charge in [0, 0.05) is 6.54 Å². The van der Waals surface area contributed by atoms with Crippen LogP contribution in [0, 0.1) is 0 Å². The molecule has 2 aliphatic rings. The molecule has 0 saturated carbocycles. The lowest BCUT2D eigenvalue weighted by Crippen LogP contribution is -2.46. The number of carbonyl (C=O) groups is 1. The van der Waals surface area contributed by atoms with E-state index in [2.05, 4.69) is 6.07 Å². The fourth-order valence-corrected chi connectivity index (χ4v) is 2.37. The van der Waals surface area contributed by atoms with Gasteiger partial charge in [0.15, 0.2) is 0 Å². The van der Waals surface area contributed by atoms with Crippen LogP contribution < -0.4 is 0 Å². The summed E-state index contributed by atoms with van der Waals surface area (Å²) in [6.45, 7) is 1.17. The van der Waals surface area contributed by atoms with Crippen molar-refractivity contribution in [1.82, 2.24) is 4.90 Å². The van der Waals surface area contributed by atoms with E-state index in [1.165, 1.54) is 10.5 Å². The molecule has 0 unspecified atom stereocenters. The molecule has 2 atom stereocenters. The highest BCUT2D eigenvalue weighted by atomic mass is 16.6. The van der Waals surface area contributed by atoms with Gasteiger partial charge in [-0.15, -0.1) is 0 Å². The third kappa shape index (κ3) is 1.55. The first-order chi connectivity index (χ1) is 7.75. The largest absolute Gasteiger partial charge is 0.465 e. The minimum Gasteiger partial charge on any atom is -0.465 e. The maximum Gasteiger partial charge on any atom is 0.407 e. The number of epoxide rings is 1. The van der Waals surface area contributed by atoms with Crippen LogP contribution in [0.2, 0.25) is 0 Å². The van der Waals surface area contributed by atoms with Gasteiger partial charge < -0.3 is 9.84 Å². The van der Waals surface area contributed by atoms with E-state index in [0.717, 1.165) is 12.0 Å². The number of ether oxygens (including phenoxy) is 1. The summed E-state index contributed by atoms with van der Waals surface area (Å²) in [5, 5.41) is 9.18. The van der Waals surface area contributed by atoms with Crippen LogP contribution in [-0.2, 0) is 17.7 Å². The van der Waals surface area contributed by atoms with Crippen molar-refractivity contribution in [3.8, 4) is 0 Å². The van der Waals surface area contributed by atoms with E-state index in [1.807, 2.05) is 18.2 Å². The van der Waals surface area contributed by atoms with Gasteiger partial charge in [-0.3, -0.25) is 4.90 Å². The van der Waals surface area contributed by atoms with Crippen LogP contribution in [0.25, 0.3) is 0 Å². The molecule has 2 heterocycles. The lowest BCUT2D eigenvalue weighted by Gasteiger charge is -2.34. The molecule has 4 heteroatoms. The van der Waals surface area contributed by atoms with Crippen LogP contribution in [0.3, 0.4) is 0 Å². The standard InChI is InChI=1S/C12H13NO3/c14-12(15)13-6-9-4-2-1-3-8(9)5-10(13)11-7-16-11/h1-4,10-11H,5-7H2,(H,14,15)/t10-,11+/m0/s1. The van der Waals surface area contributed by atoms with E-state index in [0.29, 0.717) is 13.2 Å². The second-order valence-electron chi connectivity index (χ2n) is 4.32. The Hall–Kier alpha value is -1.55. The van der Waals surface area contributed by atoms with Gasteiger partial charge >= 0.3 is 6.09 Å². The molecule has 0 spiro atoms. The molecule has 1 N–H and O–H groups in total. The Bertz CT molecular complexity index is 428. The van der Waals surface area contributed by atoms with Gasteiger partial charge in [-0.2, -0.15) is 0 Å². The quantitative estimate of drug-likeness (QED) is 0.728. The van der Waals surface area contributed by atoms with Crippen molar-refractivity contribution in [3.63, 3.8) is 0 Å². The average molecular weight is 219 g/mol. The van der Waals surface area contributed by atoms with E-state index in [4.69, 9.17) is 4.74 Å². The number of rotatable bonds is 1. The van der Waals surface area contributed by atoms with Crippen LogP contribution >= 0.6 is 0 Å². The summed E-state index contributed by atoms with van der Waals surface area (Å²) in [5.41, 5.74) is 2.36. The fourth-order valence-electron chi connectivity index (χ4n) is 2.37. The van der Waals surface area contributed by atoms with Crippen molar-refractivity contribution in [2.45, 2.75) is 25.1 Å². The first kappa shape index (κ1) is 9.66. The van der Waals surface area contributed by atoms with Crippen LogP contribution in [0.1, 0.15) is 11.1 Å². The van der Waals surface area contributed by atoms with E-state index in [-0.39, 0.29) is 12.1 Å². The summed E-state index contributed by atoms with van der Waals surface area (Å²) >= 11 is 0. The third-order valence-corrected chi connectivity index (χ3v) is 3.32. The molecule has 2 aliphatic heterocycles. The van der Waals surface area contributed by atoms with Crippen LogP contribution in [0.15, 0.2) is 24.3 Å². The predicted octanol–water partition coefficient (Wildman–Crippen LogP) is 1.49. The summed E-state index contributed by atoms with van der Waals surface area (Å²) in [4.78, 5) is 12.7. The highest BCUT2D eigenvalue weighted by Gasteiger charge is 2.41. The normalized spacial score (nSPS) is 27.4. The molecule has 3 rings (SSSR count). The molecule has 1 aromatic carbocycles. The lowest BCUT2D eigenvalue weighted by molar-refractivity contribution is 0.103. The SMILES string of the molecule is O=C(O)N1Cc2ccccc2C[C@H]1[C@H]1CO1. The summed E-state index contributed by atoms with van der Waals surface area (Å²) in [6, 6.07) is 8.01. The van der Waals surface area contributed by atoms with Crippen molar-refractivity contribution in [2.75, 3.05) is 6.61 Å². The monoisotopic (exact) mass is 219 g/mol. The fraction of sp³-hybridized carbons (Fsp3) is 0.417. The Balaban J connectivity index is 1.93. The Morgan fingerprint density at radius 3 is 2.69 bits per heavy atom. The summed E-state index contributed by atoms with van der Waals surface area (Å²) in [5.74, 6) is 0. The van der Waals surface area contributed by atoms with Gasteiger partial charge in [-0.25, -0.2) is 4.79 Å². The lowest BCUT2D eigenvalue weighted by atomic mass is 9.93. The van der Waals surface area contributed by atoms with E-state index in [1.54, 1.807) is 0 Å². The summed E-state index contributed by atoms with van der Waals surface area (Å²) in [7, 11) is 0. The second kappa shape index (κ2) is 3.49. The Labute approximate surface area is 93.4 Å². The second-order valence-corrected chi connectivity index (χ2v) is 4.32. The van der Waals surface area contributed by atoms with E-state index in [9.17, 15) is 9.90 Å². The minimum atomic E-state index is -0.852. The number of benzene rings is 1. The Morgan fingerprint density at radius 1 is 1.38 bits per heavy atom.